The molecule has 19 heavy (non-hydrogen) atoms. The zero-order valence-corrected chi connectivity index (χ0v) is 11.2. The van der Waals surface area contributed by atoms with E-state index in [1.54, 1.807) is 29.8 Å². The molecule has 0 spiro atoms. The molecule has 0 atom stereocenters. The van der Waals surface area contributed by atoms with Crippen LogP contribution in [0.3, 0.4) is 0 Å². The molecule has 1 aliphatic rings. The van der Waals surface area contributed by atoms with E-state index >= 15 is 0 Å². The summed E-state index contributed by atoms with van der Waals surface area (Å²) in [6.45, 7) is 1.75. The fourth-order valence-corrected chi connectivity index (χ4v) is 3.01. The molecule has 3 heterocycles. The predicted molar refractivity (Wildman–Crippen MR) is 74.0 cm³/mol. The van der Waals surface area contributed by atoms with Crippen LogP contribution in [0.1, 0.15) is 10.4 Å². The van der Waals surface area contributed by atoms with Crippen molar-refractivity contribution >= 4 is 23.2 Å². The number of thiophene rings is 1. The highest BCUT2D eigenvalue weighted by atomic mass is 32.1. The Kier molecular flexibility index (Phi) is 3.41. The van der Waals surface area contributed by atoms with E-state index in [1.807, 2.05) is 4.90 Å². The number of hydrogen-bond donors (Lipinski definition) is 1. The number of carbonyl (C=O) groups is 1. The van der Waals surface area contributed by atoms with Crippen LogP contribution in [0.4, 0.5) is 5.95 Å². The third-order valence-corrected chi connectivity index (χ3v) is 4.15. The first kappa shape index (κ1) is 12.1. The largest absolute Gasteiger partial charge is 0.345 e. The van der Waals surface area contributed by atoms with Gasteiger partial charge in [-0.15, -0.1) is 11.3 Å². The number of fused-ring (bicyclic) bond motifs is 1. The minimum absolute atomic E-state index is 0.0873. The molecule has 2 aromatic rings. The van der Waals surface area contributed by atoms with Crippen molar-refractivity contribution in [3.8, 4) is 0 Å². The van der Waals surface area contributed by atoms with E-state index in [9.17, 15) is 4.79 Å². The summed E-state index contributed by atoms with van der Waals surface area (Å²) < 4.78 is 0. The van der Waals surface area contributed by atoms with Crippen molar-refractivity contribution in [1.29, 1.82) is 0 Å². The predicted octanol–water partition coefficient (Wildman–Crippen LogP) is 1.53. The average molecular weight is 274 g/mol. The third-order valence-electron chi connectivity index (χ3n) is 3.12. The first-order chi connectivity index (χ1) is 9.33. The molecule has 0 fully saturated rings. The van der Waals surface area contributed by atoms with Crippen LogP contribution in [0.15, 0.2) is 29.9 Å². The first-order valence-electron chi connectivity index (χ1n) is 6.17. The van der Waals surface area contributed by atoms with Gasteiger partial charge in [0, 0.05) is 30.4 Å². The van der Waals surface area contributed by atoms with Crippen LogP contribution in [-0.4, -0.2) is 33.9 Å². The lowest BCUT2D eigenvalue weighted by Gasteiger charge is -2.27. The third kappa shape index (κ3) is 2.73. The SMILES string of the molecule is O=C(CNc1ncccn1)N1CCc2sccc2C1. The Morgan fingerprint density at radius 1 is 1.42 bits per heavy atom. The number of anilines is 1. The van der Waals surface area contributed by atoms with Crippen LogP contribution in [0.2, 0.25) is 0 Å². The highest BCUT2D eigenvalue weighted by molar-refractivity contribution is 7.10. The van der Waals surface area contributed by atoms with Crippen LogP contribution in [-0.2, 0) is 17.8 Å². The van der Waals surface area contributed by atoms with Gasteiger partial charge in [-0.3, -0.25) is 4.79 Å². The van der Waals surface area contributed by atoms with Crippen molar-refractivity contribution in [3.63, 3.8) is 0 Å². The van der Waals surface area contributed by atoms with E-state index in [0.29, 0.717) is 5.95 Å². The molecule has 1 N–H and O–H groups in total. The Morgan fingerprint density at radius 2 is 2.26 bits per heavy atom. The van der Waals surface area contributed by atoms with E-state index in [0.717, 1.165) is 19.5 Å². The van der Waals surface area contributed by atoms with Gasteiger partial charge in [0.1, 0.15) is 0 Å². The average Bonchev–Trinajstić information content (AvgIpc) is 2.93. The highest BCUT2D eigenvalue weighted by Gasteiger charge is 2.21. The van der Waals surface area contributed by atoms with Crippen molar-refractivity contribution in [2.45, 2.75) is 13.0 Å². The van der Waals surface area contributed by atoms with Gasteiger partial charge in [0.25, 0.3) is 0 Å². The van der Waals surface area contributed by atoms with Crippen LogP contribution in [0.5, 0.6) is 0 Å². The van der Waals surface area contributed by atoms with Crippen LogP contribution in [0.25, 0.3) is 0 Å². The second-order valence-electron chi connectivity index (χ2n) is 4.36. The van der Waals surface area contributed by atoms with Crippen molar-refractivity contribution in [2.24, 2.45) is 0 Å². The Hall–Kier alpha value is -1.95. The lowest BCUT2D eigenvalue weighted by atomic mass is 10.1. The lowest BCUT2D eigenvalue weighted by Crippen LogP contribution is -2.38. The van der Waals surface area contributed by atoms with Gasteiger partial charge in [0.15, 0.2) is 0 Å². The van der Waals surface area contributed by atoms with Gasteiger partial charge < -0.3 is 10.2 Å². The summed E-state index contributed by atoms with van der Waals surface area (Å²) in [7, 11) is 0. The Bertz CT molecular complexity index is 569. The Morgan fingerprint density at radius 3 is 3.11 bits per heavy atom. The number of nitrogens with one attached hydrogen (secondary N) is 1. The van der Waals surface area contributed by atoms with E-state index < -0.39 is 0 Å². The summed E-state index contributed by atoms with van der Waals surface area (Å²) in [5.41, 5.74) is 1.28. The van der Waals surface area contributed by atoms with Crippen molar-refractivity contribution in [1.82, 2.24) is 14.9 Å². The molecule has 1 aliphatic heterocycles. The summed E-state index contributed by atoms with van der Waals surface area (Å²) in [6.07, 6.45) is 4.26. The molecule has 0 aromatic carbocycles. The van der Waals surface area contributed by atoms with Gasteiger partial charge >= 0.3 is 0 Å². The minimum Gasteiger partial charge on any atom is -0.345 e. The van der Waals surface area contributed by atoms with Gasteiger partial charge in [-0.25, -0.2) is 9.97 Å². The lowest BCUT2D eigenvalue weighted by molar-refractivity contribution is -0.130. The molecule has 1 amide bonds. The number of rotatable bonds is 3. The highest BCUT2D eigenvalue weighted by Crippen LogP contribution is 2.23. The maximum atomic E-state index is 12.1. The molecular weight excluding hydrogens is 260 g/mol. The molecule has 3 rings (SSSR count). The van der Waals surface area contributed by atoms with Gasteiger partial charge in [-0.1, -0.05) is 0 Å². The summed E-state index contributed by atoms with van der Waals surface area (Å²) in [5.74, 6) is 0.577. The summed E-state index contributed by atoms with van der Waals surface area (Å²) in [5, 5.41) is 5.04. The number of nitrogens with zero attached hydrogens (tertiary/aromatic N) is 3. The Balaban J connectivity index is 1.57. The fraction of sp³-hybridized carbons (Fsp3) is 0.308. The smallest absolute Gasteiger partial charge is 0.242 e. The molecule has 2 aromatic heterocycles. The molecule has 0 radical (unpaired) electrons. The monoisotopic (exact) mass is 274 g/mol. The van der Waals surface area contributed by atoms with Gasteiger partial charge in [0.05, 0.1) is 6.54 Å². The topological polar surface area (TPSA) is 58.1 Å². The summed E-state index contributed by atoms with van der Waals surface area (Å²) in [4.78, 5) is 23.5. The van der Waals surface area contributed by atoms with E-state index in [2.05, 4.69) is 26.7 Å². The minimum atomic E-state index is 0.0873. The molecule has 0 unspecified atom stereocenters. The van der Waals surface area contributed by atoms with Crippen LogP contribution < -0.4 is 5.32 Å². The normalized spacial score (nSPS) is 14.0. The van der Waals surface area contributed by atoms with Gasteiger partial charge in [0.2, 0.25) is 11.9 Å². The zero-order valence-electron chi connectivity index (χ0n) is 10.4. The van der Waals surface area contributed by atoms with Crippen molar-refractivity contribution in [2.75, 3.05) is 18.4 Å². The van der Waals surface area contributed by atoms with Gasteiger partial charge in [-0.2, -0.15) is 0 Å². The van der Waals surface area contributed by atoms with Crippen LogP contribution in [0, 0.1) is 0 Å². The van der Waals surface area contributed by atoms with E-state index in [-0.39, 0.29) is 12.5 Å². The molecule has 6 heteroatoms. The molecule has 0 aliphatic carbocycles. The quantitative estimate of drug-likeness (QED) is 0.922. The molecular formula is C13H14N4OS. The maximum Gasteiger partial charge on any atom is 0.242 e. The maximum absolute atomic E-state index is 12.1. The van der Waals surface area contributed by atoms with Crippen molar-refractivity contribution in [3.05, 3.63) is 40.3 Å². The summed E-state index contributed by atoms with van der Waals surface area (Å²) in [6, 6.07) is 3.85. The zero-order chi connectivity index (χ0) is 13.1. The number of amides is 1. The first-order valence-corrected chi connectivity index (χ1v) is 7.05. The second-order valence-corrected chi connectivity index (χ2v) is 5.36. The molecule has 0 bridgehead atoms. The summed E-state index contributed by atoms with van der Waals surface area (Å²) >= 11 is 1.78. The Labute approximate surface area is 115 Å². The molecule has 5 nitrogen and oxygen atoms in total. The number of carbonyl (C=O) groups excluding carboxylic acids is 1. The van der Waals surface area contributed by atoms with E-state index in [4.69, 9.17) is 0 Å². The second kappa shape index (κ2) is 5.36. The van der Waals surface area contributed by atoms with Crippen molar-refractivity contribution < 1.29 is 4.79 Å². The van der Waals surface area contributed by atoms with E-state index in [1.165, 1.54) is 10.4 Å². The standard InChI is InChI=1S/C13H14N4OS/c18-12(8-16-13-14-4-1-5-15-13)17-6-2-11-10(9-17)3-7-19-11/h1,3-5,7H,2,6,8-9H2,(H,14,15,16). The number of hydrogen-bond acceptors (Lipinski definition) is 5. The molecule has 0 saturated carbocycles. The number of aromatic nitrogens is 2. The molecule has 0 saturated heterocycles. The molecule has 98 valence electrons. The van der Waals surface area contributed by atoms with Gasteiger partial charge in [-0.05, 0) is 29.5 Å². The van der Waals surface area contributed by atoms with Crippen LogP contribution >= 0.6 is 11.3 Å². The fourth-order valence-electron chi connectivity index (χ4n) is 2.12.